The second-order valence-corrected chi connectivity index (χ2v) is 5.29. The van der Waals surface area contributed by atoms with Crippen LogP contribution in [0.5, 0.6) is 0 Å². The number of rotatable bonds is 7. The van der Waals surface area contributed by atoms with E-state index in [0.29, 0.717) is 0 Å². The molecule has 0 atom stereocenters. The topological polar surface area (TPSA) is 47.7 Å². The van der Waals surface area contributed by atoms with Gasteiger partial charge < -0.3 is 5.32 Å². The molecule has 0 aliphatic carbocycles. The fourth-order valence-corrected chi connectivity index (χ4v) is 2.47. The molecule has 5 nitrogen and oxygen atoms in total. The standard InChI is InChI=1S/C15H25N5/c1-5-8-16-9-6-15-12(2)17-20(13(15)3)11-14-7-10-19(4)18-14/h7,10,16H,5-6,8-9,11H2,1-4H3. The van der Waals surface area contributed by atoms with Crippen LogP contribution in [0.25, 0.3) is 0 Å². The molecule has 2 aromatic rings. The van der Waals surface area contributed by atoms with Crippen molar-refractivity contribution < 1.29 is 0 Å². The first-order chi connectivity index (χ1) is 9.61. The van der Waals surface area contributed by atoms with Gasteiger partial charge in [-0.05, 0) is 51.4 Å². The van der Waals surface area contributed by atoms with Crippen LogP contribution in [0.2, 0.25) is 0 Å². The maximum atomic E-state index is 4.65. The van der Waals surface area contributed by atoms with E-state index < -0.39 is 0 Å². The molecule has 2 aromatic heterocycles. The zero-order valence-electron chi connectivity index (χ0n) is 13.0. The van der Waals surface area contributed by atoms with Gasteiger partial charge in [0.1, 0.15) is 0 Å². The summed E-state index contributed by atoms with van der Waals surface area (Å²) in [5.41, 5.74) is 4.81. The third kappa shape index (κ3) is 3.48. The van der Waals surface area contributed by atoms with Gasteiger partial charge in [0.2, 0.25) is 0 Å². The lowest BCUT2D eigenvalue weighted by Crippen LogP contribution is -2.18. The molecule has 0 bridgehead atoms. The molecular weight excluding hydrogens is 250 g/mol. The Labute approximate surface area is 121 Å². The average molecular weight is 275 g/mol. The number of nitrogens with one attached hydrogen (secondary N) is 1. The zero-order valence-corrected chi connectivity index (χ0v) is 13.0. The zero-order chi connectivity index (χ0) is 14.5. The summed E-state index contributed by atoms with van der Waals surface area (Å²) < 4.78 is 3.89. The van der Waals surface area contributed by atoms with E-state index in [2.05, 4.69) is 41.0 Å². The van der Waals surface area contributed by atoms with Gasteiger partial charge in [-0.2, -0.15) is 10.2 Å². The first-order valence-corrected chi connectivity index (χ1v) is 7.34. The van der Waals surface area contributed by atoms with E-state index in [1.54, 1.807) is 0 Å². The Morgan fingerprint density at radius 1 is 1.20 bits per heavy atom. The number of hydrogen-bond acceptors (Lipinski definition) is 3. The number of nitrogens with zero attached hydrogens (tertiary/aromatic N) is 4. The van der Waals surface area contributed by atoms with Gasteiger partial charge in [0.15, 0.2) is 0 Å². The lowest BCUT2D eigenvalue weighted by molar-refractivity contribution is 0.628. The average Bonchev–Trinajstić information content (AvgIpc) is 2.93. The van der Waals surface area contributed by atoms with Crippen LogP contribution in [0.1, 0.15) is 36.0 Å². The molecule has 0 radical (unpaired) electrons. The van der Waals surface area contributed by atoms with Crippen molar-refractivity contribution in [2.24, 2.45) is 7.05 Å². The summed E-state index contributed by atoms with van der Waals surface area (Å²) >= 11 is 0. The molecule has 2 heterocycles. The summed E-state index contributed by atoms with van der Waals surface area (Å²) in [7, 11) is 1.94. The van der Waals surface area contributed by atoms with Crippen molar-refractivity contribution in [3.63, 3.8) is 0 Å². The molecule has 110 valence electrons. The summed E-state index contributed by atoms with van der Waals surface area (Å²) in [6, 6.07) is 2.04. The van der Waals surface area contributed by atoms with Crippen LogP contribution >= 0.6 is 0 Å². The Balaban J connectivity index is 2.04. The molecule has 0 saturated carbocycles. The quantitative estimate of drug-likeness (QED) is 0.784. The molecule has 0 spiro atoms. The van der Waals surface area contributed by atoms with Gasteiger partial charge in [-0.25, -0.2) is 0 Å². The largest absolute Gasteiger partial charge is 0.316 e. The maximum absolute atomic E-state index is 4.65. The summed E-state index contributed by atoms with van der Waals surface area (Å²) in [5.74, 6) is 0. The number of aryl methyl sites for hydroxylation is 2. The molecule has 5 heteroatoms. The predicted molar refractivity (Wildman–Crippen MR) is 80.9 cm³/mol. The third-order valence-corrected chi connectivity index (χ3v) is 3.59. The van der Waals surface area contributed by atoms with Crippen LogP contribution in [0.4, 0.5) is 0 Å². The SMILES string of the molecule is CCCNCCc1c(C)nn(Cc2ccn(C)n2)c1C. The van der Waals surface area contributed by atoms with Crippen molar-refractivity contribution in [1.29, 1.82) is 0 Å². The maximum Gasteiger partial charge on any atom is 0.0853 e. The first-order valence-electron chi connectivity index (χ1n) is 7.34. The lowest BCUT2D eigenvalue weighted by atomic mass is 10.1. The number of aromatic nitrogens is 4. The minimum absolute atomic E-state index is 0.746. The Bertz CT molecular complexity index is 553. The van der Waals surface area contributed by atoms with Crippen LogP contribution in [-0.4, -0.2) is 32.7 Å². The summed E-state index contributed by atoms with van der Waals surface area (Å²) in [6.45, 7) is 9.28. The summed E-state index contributed by atoms with van der Waals surface area (Å²) in [5, 5.41) is 12.5. The Hall–Kier alpha value is -1.62. The molecule has 0 aliphatic rings. The Morgan fingerprint density at radius 3 is 2.65 bits per heavy atom. The van der Waals surface area contributed by atoms with Gasteiger partial charge in [0.05, 0.1) is 17.9 Å². The highest BCUT2D eigenvalue weighted by atomic mass is 15.3. The Morgan fingerprint density at radius 2 is 2.00 bits per heavy atom. The molecule has 2 rings (SSSR count). The second-order valence-electron chi connectivity index (χ2n) is 5.29. The van der Waals surface area contributed by atoms with Crippen molar-refractivity contribution >= 4 is 0 Å². The Kier molecular flexibility index (Phi) is 4.95. The lowest BCUT2D eigenvalue weighted by Gasteiger charge is -2.05. The van der Waals surface area contributed by atoms with Crippen molar-refractivity contribution in [2.45, 2.75) is 40.2 Å². The van der Waals surface area contributed by atoms with Gasteiger partial charge in [0.25, 0.3) is 0 Å². The molecule has 0 aromatic carbocycles. The minimum atomic E-state index is 0.746. The van der Waals surface area contributed by atoms with E-state index in [1.807, 2.05) is 24.0 Å². The van der Waals surface area contributed by atoms with E-state index in [1.165, 1.54) is 17.7 Å². The summed E-state index contributed by atoms with van der Waals surface area (Å²) in [6.07, 6.45) is 4.19. The second kappa shape index (κ2) is 6.70. The van der Waals surface area contributed by atoms with E-state index in [0.717, 1.165) is 37.4 Å². The van der Waals surface area contributed by atoms with Crippen LogP contribution < -0.4 is 5.32 Å². The monoisotopic (exact) mass is 275 g/mol. The van der Waals surface area contributed by atoms with Crippen LogP contribution in [-0.2, 0) is 20.0 Å². The van der Waals surface area contributed by atoms with E-state index in [-0.39, 0.29) is 0 Å². The van der Waals surface area contributed by atoms with Crippen LogP contribution in [0.3, 0.4) is 0 Å². The first kappa shape index (κ1) is 14.8. The van der Waals surface area contributed by atoms with Gasteiger partial charge in [-0.1, -0.05) is 6.92 Å². The highest BCUT2D eigenvalue weighted by Gasteiger charge is 2.12. The molecule has 0 aliphatic heterocycles. The van der Waals surface area contributed by atoms with Crippen LogP contribution in [0.15, 0.2) is 12.3 Å². The van der Waals surface area contributed by atoms with Crippen molar-refractivity contribution in [3.8, 4) is 0 Å². The van der Waals surface area contributed by atoms with Crippen molar-refractivity contribution in [3.05, 3.63) is 34.9 Å². The van der Waals surface area contributed by atoms with Gasteiger partial charge >= 0.3 is 0 Å². The molecule has 0 unspecified atom stereocenters. The third-order valence-electron chi connectivity index (χ3n) is 3.59. The molecule has 1 N–H and O–H groups in total. The highest BCUT2D eigenvalue weighted by molar-refractivity contribution is 5.25. The van der Waals surface area contributed by atoms with Crippen LogP contribution in [0, 0.1) is 13.8 Å². The molecule has 20 heavy (non-hydrogen) atoms. The molecular formula is C15H25N5. The summed E-state index contributed by atoms with van der Waals surface area (Å²) in [4.78, 5) is 0. The minimum Gasteiger partial charge on any atom is -0.316 e. The fraction of sp³-hybridized carbons (Fsp3) is 0.600. The highest BCUT2D eigenvalue weighted by Crippen LogP contribution is 2.14. The number of hydrogen-bond donors (Lipinski definition) is 1. The normalized spacial score (nSPS) is 11.2. The van der Waals surface area contributed by atoms with Crippen molar-refractivity contribution in [2.75, 3.05) is 13.1 Å². The molecule has 0 fully saturated rings. The molecule has 0 saturated heterocycles. The van der Waals surface area contributed by atoms with E-state index >= 15 is 0 Å². The molecule has 0 amide bonds. The smallest absolute Gasteiger partial charge is 0.0853 e. The van der Waals surface area contributed by atoms with Gasteiger partial charge in [0, 0.05) is 18.9 Å². The predicted octanol–water partition coefficient (Wildman–Crippen LogP) is 1.82. The van der Waals surface area contributed by atoms with E-state index in [9.17, 15) is 0 Å². The van der Waals surface area contributed by atoms with Gasteiger partial charge in [-0.3, -0.25) is 9.36 Å². The van der Waals surface area contributed by atoms with Gasteiger partial charge in [-0.15, -0.1) is 0 Å². The fourth-order valence-electron chi connectivity index (χ4n) is 2.47. The van der Waals surface area contributed by atoms with E-state index in [4.69, 9.17) is 0 Å². The van der Waals surface area contributed by atoms with Crippen molar-refractivity contribution in [1.82, 2.24) is 24.9 Å².